The monoisotopic (exact) mass is 348 g/mol. The molecule has 1 heterocycles. The number of benzene rings is 3. The molecule has 1 atom stereocenters. The molecule has 0 bridgehead atoms. The van der Waals surface area contributed by atoms with Crippen molar-refractivity contribution in [3.63, 3.8) is 0 Å². The van der Waals surface area contributed by atoms with Crippen molar-refractivity contribution in [1.29, 1.82) is 0 Å². The van der Waals surface area contributed by atoms with Gasteiger partial charge in [0.25, 0.3) is 0 Å². The fourth-order valence-corrected chi connectivity index (χ4v) is 3.23. The molecule has 0 fully saturated rings. The molecule has 3 aromatic carbocycles. The van der Waals surface area contributed by atoms with Crippen molar-refractivity contribution in [2.75, 3.05) is 5.01 Å². The van der Waals surface area contributed by atoms with E-state index in [0.29, 0.717) is 5.02 Å². The molecule has 1 aliphatic rings. The van der Waals surface area contributed by atoms with Gasteiger partial charge < -0.3 is 5.11 Å². The van der Waals surface area contributed by atoms with E-state index in [-0.39, 0.29) is 11.8 Å². The van der Waals surface area contributed by atoms with Gasteiger partial charge in [0, 0.05) is 11.4 Å². The third-order valence-corrected chi connectivity index (χ3v) is 4.64. The van der Waals surface area contributed by atoms with E-state index in [1.807, 2.05) is 59.6 Å². The van der Waals surface area contributed by atoms with E-state index < -0.39 is 0 Å². The molecule has 4 heteroatoms. The van der Waals surface area contributed by atoms with Gasteiger partial charge in [-0.3, -0.25) is 5.01 Å². The summed E-state index contributed by atoms with van der Waals surface area (Å²) >= 11 is 6.03. The first-order chi connectivity index (χ1) is 12.2. The van der Waals surface area contributed by atoms with Crippen LogP contribution in [-0.2, 0) is 0 Å². The number of halogens is 1. The molecule has 1 N–H and O–H groups in total. The molecule has 0 spiro atoms. The zero-order chi connectivity index (χ0) is 17.2. The normalized spacial score (nSPS) is 16.8. The number of phenols is 1. The lowest BCUT2D eigenvalue weighted by atomic mass is 9.98. The number of hydrogen-bond donors (Lipinski definition) is 1. The van der Waals surface area contributed by atoms with Gasteiger partial charge in [0.15, 0.2) is 0 Å². The Bertz CT molecular complexity index is 889. The number of phenolic OH excluding ortho intramolecular Hbond substituents is 1. The maximum absolute atomic E-state index is 9.59. The second-order valence-corrected chi connectivity index (χ2v) is 6.48. The fourth-order valence-electron chi connectivity index (χ4n) is 3.10. The molecule has 25 heavy (non-hydrogen) atoms. The molecular weight excluding hydrogens is 332 g/mol. The van der Waals surface area contributed by atoms with Gasteiger partial charge in [-0.05, 0) is 47.5 Å². The van der Waals surface area contributed by atoms with Crippen molar-refractivity contribution < 1.29 is 5.11 Å². The summed E-state index contributed by atoms with van der Waals surface area (Å²) in [5.41, 5.74) is 4.28. The van der Waals surface area contributed by atoms with Crippen LogP contribution in [-0.4, -0.2) is 10.8 Å². The third kappa shape index (κ3) is 3.24. The van der Waals surface area contributed by atoms with Crippen molar-refractivity contribution >= 4 is 23.0 Å². The van der Waals surface area contributed by atoms with Gasteiger partial charge in [-0.25, -0.2) is 0 Å². The summed E-state index contributed by atoms with van der Waals surface area (Å²) < 4.78 is 0. The molecule has 0 aliphatic carbocycles. The summed E-state index contributed by atoms with van der Waals surface area (Å²) in [5.74, 6) is 0.268. The summed E-state index contributed by atoms with van der Waals surface area (Å²) in [6.45, 7) is 0. The van der Waals surface area contributed by atoms with Crippen molar-refractivity contribution in [3.8, 4) is 5.75 Å². The SMILES string of the molecule is Oc1ccc(C2CC(c3ccccc3)=NN2c2ccc(Cl)cc2)cc1. The van der Waals surface area contributed by atoms with Crippen LogP contribution < -0.4 is 5.01 Å². The molecule has 0 amide bonds. The van der Waals surface area contributed by atoms with Gasteiger partial charge in [0.2, 0.25) is 0 Å². The van der Waals surface area contributed by atoms with E-state index in [1.165, 1.54) is 0 Å². The van der Waals surface area contributed by atoms with E-state index in [9.17, 15) is 5.11 Å². The Morgan fingerprint density at radius 3 is 2.24 bits per heavy atom. The first-order valence-corrected chi connectivity index (χ1v) is 8.55. The number of aromatic hydroxyl groups is 1. The second kappa shape index (κ2) is 6.61. The van der Waals surface area contributed by atoms with Crippen LogP contribution in [0.25, 0.3) is 0 Å². The Morgan fingerprint density at radius 2 is 1.56 bits per heavy atom. The lowest BCUT2D eigenvalue weighted by molar-refractivity contribution is 0.475. The van der Waals surface area contributed by atoms with E-state index >= 15 is 0 Å². The van der Waals surface area contributed by atoms with E-state index in [4.69, 9.17) is 16.7 Å². The largest absolute Gasteiger partial charge is 0.508 e. The summed E-state index contributed by atoms with van der Waals surface area (Å²) in [6, 6.07) is 25.4. The third-order valence-electron chi connectivity index (χ3n) is 4.39. The minimum Gasteiger partial charge on any atom is -0.508 e. The van der Waals surface area contributed by atoms with Crippen LogP contribution in [0.15, 0.2) is 84.0 Å². The number of nitrogens with zero attached hydrogens (tertiary/aromatic N) is 2. The molecule has 0 saturated carbocycles. The maximum atomic E-state index is 9.59. The maximum Gasteiger partial charge on any atom is 0.115 e. The number of hydrazone groups is 1. The summed E-state index contributed by atoms with van der Waals surface area (Å²) in [7, 11) is 0. The molecule has 4 rings (SSSR count). The standard InChI is InChI=1S/C21H17ClN2O/c22-17-8-10-18(11-9-17)24-21(16-6-12-19(25)13-7-16)14-20(23-24)15-4-2-1-3-5-15/h1-13,21,25H,14H2. The highest BCUT2D eigenvalue weighted by Gasteiger charge is 2.29. The van der Waals surface area contributed by atoms with Crippen molar-refractivity contribution in [2.24, 2.45) is 5.10 Å². The zero-order valence-electron chi connectivity index (χ0n) is 13.5. The summed E-state index contributed by atoms with van der Waals surface area (Å²) in [5, 5.41) is 17.2. The number of anilines is 1. The Hall–Kier alpha value is -2.78. The minimum atomic E-state index is 0.0805. The van der Waals surface area contributed by atoms with Gasteiger partial charge in [-0.1, -0.05) is 54.1 Å². The molecular formula is C21H17ClN2O. The first kappa shape index (κ1) is 15.7. The zero-order valence-corrected chi connectivity index (χ0v) is 14.3. The molecule has 3 aromatic rings. The lowest BCUT2D eigenvalue weighted by Gasteiger charge is -2.24. The van der Waals surface area contributed by atoms with Gasteiger partial charge in [-0.15, -0.1) is 0 Å². The highest BCUT2D eigenvalue weighted by atomic mass is 35.5. The quantitative estimate of drug-likeness (QED) is 0.687. The molecule has 124 valence electrons. The predicted octanol–water partition coefficient (Wildman–Crippen LogP) is 5.40. The van der Waals surface area contributed by atoms with Crippen LogP contribution in [0.2, 0.25) is 5.02 Å². The first-order valence-electron chi connectivity index (χ1n) is 8.17. The van der Waals surface area contributed by atoms with Gasteiger partial charge >= 0.3 is 0 Å². The average molecular weight is 349 g/mol. The second-order valence-electron chi connectivity index (χ2n) is 6.05. The molecule has 0 saturated heterocycles. The Labute approximate surface area is 151 Å². The predicted molar refractivity (Wildman–Crippen MR) is 102 cm³/mol. The molecule has 3 nitrogen and oxygen atoms in total. The van der Waals surface area contributed by atoms with Crippen LogP contribution in [0.5, 0.6) is 5.75 Å². The van der Waals surface area contributed by atoms with Gasteiger partial charge in [-0.2, -0.15) is 5.10 Å². The van der Waals surface area contributed by atoms with Gasteiger partial charge in [0.1, 0.15) is 5.75 Å². The Kier molecular flexibility index (Phi) is 4.16. The van der Waals surface area contributed by atoms with Crippen LogP contribution in [0.3, 0.4) is 0 Å². The fraction of sp³-hybridized carbons (Fsp3) is 0.0952. The highest BCUT2D eigenvalue weighted by Crippen LogP contribution is 2.37. The smallest absolute Gasteiger partial charge is 0.115 e. The Morgan fingerprint density at radius 1 is 0.880 bits per heavy atom. The highest BCUT2D eigenvalue weighted by molar-refractivity contribution is 6.30. The molecule has 0 aromatic heterocycles. The minimum absolute atomic E-state index is 0.0805. The van der Waals surface area contributed by atoms with Crippen molar-refractivity contribution in [2.45, 2.75) is 12.5 Å². The van der Waals surface area contributed by atoms with Crippen LogP contribution in [0.1, 0.15) is 23.6 Å². The lowest BCUT2D eigenvalue weighted by Crippen LogP contribution is -2.18. The topological polar surface area (TPSA) is 35.8 Å². The van der Waals surface area contributed by atoms with Crippen LogP contribution >= 0.6 is 11.6 Å². The van der Waals surface area contributed by atoms with Crippen molar-refractivity contribution in [1.82, 2.24) is 0 Å². The van der Waals surface area contributed by atoms with Gasteiger partial charge in [0.05, 0.1) is 17.4 Å². The van der Waals surface area contributed by atoms with Crippen LogP contribution in [0.4, 0.5) is 5.69 Å². The number of hydrogen-bond acceptors (Lipinski definition) is 3. The molecule has 1 aliphatic heterocycles. The average Bonchev–Trinajstić information content (AvgIpc) is 3.09. The van der Waals surface area contributed by atoms with E-state index in [2.05, 4.69) is 12.1 Å². The van der Waals surface area contributed by atoms with Crippen LogP contribution in [0, 0.1) is 0 Å². The molecule has 1 unspecified atom stereocenters. The van der Waals surface area contributed by atoms with E-state index in [1.54, 1.807) is 12.1 Å². The summed E-state index contributed by atoms with van der Waals surface area (Å²) in [6.07, 6.45) is 0.803. The summed E-state index contributed by atoms with van der Waals surface area (Å²) in [4.78, 5) is 0. The number of rotatable bonds is 3. The van der Waals surface area contributed by atoms with Crippen molar-refractivity contribution in [3.05, 3.63) is 95.0 Å². The van der Waals surface area contributed by atoms with E-state index in [0.717, 1.165) is 28.9 Å². The molecule has 0 radical (unpaired) electrons. The Balaban J connectivity index is 1.74.